The van der Waals surface area contributed by atoms with Gasteiger partial charge in [0.25, 0.3) is 5.91 Å². The SMILES string of the molecule is O=C(NN=C(C=NO)c1cccc(Br)c1)c1cccc(Cl)c1. The number of nitrogens with one attached hydrogen (secondary N) is 1. The molecule has 7 heteroatoms. The fraction of sp³-hybridized carbons (Fsp3) is 0. The molecule has 0 aromatic heterocycles. The van der Waals surface area contributed by atoms with Gasteiger partial charge in [0.2, 0.25) is 0 Å². The fourth-order valence-corrected chi connectivity index (χ4v) is 2.27. The Hall–Kier alpha value is -2.18. The number of nitrogens with zero attached hydrogens (tertiary/aromatic N) is 2. The number of hydrogen-bond acceptors (Lipinski definition) is 4. The van der Waals surface area contributed by atoms with Gasteiger partial charge in [-0.2, -0.15) is 5.10 Å². The van der Waals surface area contributed by atoms with Gasteiger partial charge in [-0.25, -0.2) is 5.43 Å². The molecule has 0 bridgehead atoms. The summed E-state index contributed by atoms with van der Waals surface area (Å²) in [4.78, 5) is 12.0. The molecule has 0 heterocycles. The van der Waals surface area contributed by atoms with Gasteiger partial charge in [0.1, 0.15) is 5.71 Å². The lowest BCUT2D eigenvalue weighted by atomic mass is 10.1. The zero-order valence-electron chi connectivity index (χ0n) is 11.2. The van der Waals surface area contributed by atoms with E-state index in [2.05, 4.69) is 31.6 Å². The number of rotatable bonds is 4. The highest BCUT2D eigenvalue weighted by molar-refractivity contribution is 9.10. The van der Waals surface area contributed by atoms with Crippen molar-refractivity contribution in [1.82, 2.24) is 5.43 Å². The first-order valence-corrected chi connectivity index (χ1v) is 7.34. The molecule has 0 aliphatic heterocycles. The van der Waals surface area contributed by atoms with Gasteiger partial charge in [0.15, 0.2) is 0 Å². The van der Waals surface area contributed by atoms with Gasteiger partial charge in [0, 0.05) is 20.6 Å². The van der Waals surface area contributed by atoms with E-state index < -0.39 is 5.91 Å². The summed E-state index contributed by atoms with van der Waals surface area (Å²) in [6.45, 7) is 0. The van der Waals surface area contributed by atoms with Crippen LogP contribution in [-0.2, 0) is 0 Å². The highest BCUT2D eigenvalue weighted by Crippen LogP contribution is 2.13. The maximum Gasteiger partial charge on any atom is 0.271 e. The summed E-state index contributed by atoms with van der Waals surface area (Å²) in [7, 11) is 0. The largest absolute Gasteiger partial charge is 0.411 e. The van der Waals surface area contributed by atoms with Crippen LogP contribution >= 0.6 is 27.5 Å². The normalized spacial score (nSPS) is 11.6. The summed E-state index contributed by atoms with van der Waals surface area (Å²) < 4.78 is 0.838. The topological polar surface area (TPSA) is 74.0 Å². The lowest BCUT2D eigenvalue weighted by molar-refractivity contribution is 0.0955. The molecular weight excluding hydrogens is 370 g/mol. The van der Waals surface area contributed by atoms with Crippen LogP contribution in [0.5, 0.6) is 0 Å². The third-order valence-electron chi connectivity index (χ3n) is 2.67. The second kappa shape index (κ2) is 7.72. The van der Waals surface area contributed by atoms with E-state index in [0.717, 1.165) is 10.7 Å². The first kappa shape index (κ1) is 16.2. The first-order valence-electron chi connectivity index (χ1n) is 6.17. The molecule has 2 aromatic carbocycles. The van der Waals surface area contributed by atoms with Crippen molar-refractivity contribution in [3.05, 3.63) is 69.2 Å². The summed E-state index contributed by atoms with van der Waals surface area (Å²) in [5, 5.41) is 16.1. The Bertz CT molecular complexity index is 747. The van der Waals surface area contributed by atoms with Gasteiger partial charge in [-0.1, -0.05) is 50.9 Å². The van der Waals surface area contributed by atoms with Crippen molar-refractivity contribution >= 4 is 45.4 Å². The Labute approximate surface area is 140 Å². The molecule has 0 fully saturated rings. The van der Waals surface area contributed by atoms with E-state index in [9.17, 15) is 4.79 Å². The van der Waals surface area contributed by atoms with Gasteiger partial charge in [-0.05, 0) is 30.3 Å². The summed E-state index contributed by atoms with van der Waals surface area (Å²) >= 11 is 9.18. The molecule has 22 heavy (non-hydrogen) atoms. The molecule has 0 saturated heterocycles. The second-order valence-corrected chi connectivity index (χ2v) is 5.56. The Morgan fingerprint density at radius 1 is 1.18 bits per heavy atom. The number of benzene rings is 2. The van der Waals surface area contributed by atoms with Crippen LogP contribution in [0.2, 0.25) is 5.02 Å². The first-order chi connectivity index (χ1) is 10.6. The van der Waals surface area contributed by atoms with Gasteiger partial charge >= 0.3 is 0 Å². The monoisotopic (exact) mass is 379 g/mol. The van der Waals surface area contributed by atoms with Crippen LogP contribution in [0.15, 0.2) is 63.3 Å². The molecule has 0 aliphatic carbocycles. The van der Waals surface area contributed by atoms with Gasteiger partial charge < -0.3 is 5.21 Å². The molecule has 0 atom stereocenters. The molecule has 1 amide bonds. The molecule has 0 radical (unpaired) electrons. The minimum absolute atomic E-state index is 0.305. The summed E-state index contributed by atoms with van der Waals surface area (Å²) in [6, 6.07) is 13.7. The molecule has 0 unspecified atom stereocenters. The molecule has 2 N–H and O–H groups in total. The van der Waals surface area contributed by atoms with Crippen LogP contribution < -0.4 is 5.43 Å². The van der Waals surface area contributed by atoms with E-state index >= 15 is 0 Å². The smallest absolute Gasteiger partial charge is 0.271 e. The highest BCUT2D eigenvalue weighted by Gasteiger charge is 2.07. The van der Waals surface area contributed by atoms with Crippen LogP contribution in [0.3, 0.4) is 0 Å². The van der Waals surface area contributed by atoms with Gasteiger partial charge in [-0.3, -0.25) is 4.79 Å². The van der Waals surface area contributed by atoms with Gasteiger partial charge in [0.05, 0.1) is 6.21 Å². The third kappa shape index (κ3) is 4.41. The predicted octanol–water partition coefficient (Wildman–Crippen LogP) is 3.70. The number of amides is 1. The van der Waals surface area contributed by atoms with E-state index in [1.54, 1.807) is 36.4 Å². The van der Waals surface area contributed by atoms with Crippen molar-refractivity contribution in [3.63, 3.8) is 0 Å². The quantitative estimate of drug-likeness (QED) is 0.482. The molecule has 2 aromatic rings. The zero-order chi connectivity index (χ0) is 15.9. The summed E-state index contributed by atoms with van der Waals surface area (Å²) in [5.74, 6) is -0.415. The maximum atomic E-state index is 12.0. The molecule has 2 rings (SSSR count). The van der Waals surface area contributed by atoms with E-state index in [1.165, 1.54) is 6.07 Å². The van der Waals surface area contributed by atoms with Crippen LogP contribution in [0.1, 0.15) is 15.9 Å². The van der Waals surface area contributed by atoms with E-state index in [4.69, 9.17) is 16.8 Å². The summed E-state index contributed by atoms with van der Waals surface area (Å²) in [6.07, 6.45) is 1.14. The maximum absolute atomic E-state index is 12.0. The number of oxime groups is 1. The number of carbonyl (C=O) groups is 1. The molecular formula is C15H11BrClN3O2. The minimum Gasteiger partial charge on any atom is -0.411 e. The van der Waals surface area contributed by atoms with Crippen molar-refractivity contribution in [2.75, 3.05) is 0 Å². The van der Waals surface area contributed by atoms with E-state index in [-0.39, 0.29) is 0 Å². The lowest BCUT2D eigenvalue weighted by Gasteiger charge is -2.04. The summed E-state index contributed by atoms with van der Waals surface area (Å²) in [5.41, 5.74) is 3.77. The Kier molecular flexibility index (Phi) is 5.68. The van der Waals surface area contributed by atoms with Crippen molar-refractivity contribution in [3.8, 4) is 0 Å². The van der Waals surface area contributed by atoms with Crippen LogP contribution in [0.25, 0.3) is 0 Å². The number of hydrogen-bond donors (Lipinski definition) is 2. The van der Waals surface area contributed by atoms with E-state index in [1.807, 2.05) is 6.07 Å². The van der Waals surface area contributed by atoms with Crippen LogP contribution in [0.4, 0.5) is 0 Å². The minimum atomic E-state index is -0.415. The van der Waals surface area contributed by atoms with Crippen LogP contribution in [-0.4, -0.2) is 23.0 Å². The molecule has 112 valence electrons. The second-order valence-electron chi connectivity index (χ2n) is 4.20. The average molecular weight is 381 g/mol. The Morgan fingerprint density at radius 3 is 2.59 bits per heavy atom. The standard InChI is InChI=1S/C15H11BrClN3O2/c16-12-5-1-3-10(7-12)14(9-18-22)19-20-15(21)11-4-2-6-13(17)8-11/h1-9,22H,(H,20,21). The van der Waals surface area contributed by atoms with Crippen molar-refractivity contribution in [1.29, 1.82) is 0 Å². The van der Waals surface area contributed by atoms with Crippen molar-refractivity contribution < 1.29 is 10.0 Å². The number of halogens is 2. The molecule has 5 nitrogen and oxygen atoms in total. The predicted molar refractivity (Wildman–Crippen MR) is 89.9 cm³/mol. The molecule has 0 spiro atoms. The van der Waals surface area contributed by atoms with Gasteiger partial charge in [-0.15, -0.1) is 0 Å². The average Bonchev–Trinajstić information content (AvgIpc) is 2.51. The molecule has 0 saturated carbocycles. The van der Waals surface area contributed by atoms with Crippen LogP contribution in [0, 0.1) is 0 Å². The third-order valence-corrected chi connectivity index (χ3v) is 3.39. The van der Waals surface area contributed by atoms with Crippen molar-refractivity contribution in [2.45, 2.75) is 0 Å². The van der Waals surface area contributed by atoms with E-state index in [0.29, 0.717) is 21.9 Å². The number of hydrazone groups is 1. The highest BCUT2D eigenvalue weighted by atomic mass is 79.9. The van der Waals surface area contributed by atoms with Crippen molar-refractivity contribution in [2.24, 2.45) is 10.3 Å². The lowest BCUT2D eigenvalue weighted by Crippen LogP contribution is -2.20. The zero-order valence-corrected chi connectivity index (χ0v) is 13.5. The Balaban J connectivity index is 2.22. The number of carbonyl (C=O) groups excluding carboxylic acids is 1. The Morgan fingerprint density at radius 2 is 1.91 bits per heavy atom. The fourth-order valence-electron chi connectivity index (χ4n) is 1.68. The molecule has 0 aliphatic rings.